The first-order chi connectivity index (χ1) is 19.0. The van der Waals surface area contributed by atoms with Crippen molar-refractivity contribution in [2.45, 2.75) is 61.7 Å². The van der Waals surface area contributed by atoms with Crippen LogP contribution in [0.15, 0.2) is 45.4 Å². The molecule has 0 saturated carbocycles. The Bertz CT molecular complexity index is 1680. The van der Waals surface area contributed by atoms with Gasteiger partial charge in [0.25, 0.3) is 0 Å². The first kappa shape index (κ1) is 29.2. The summed E-state index contributed by atoms with van der Waals surface area (Å²) in [6, 6.07) is 6.35. The lowest BCUT2D eigenvalue weighted by molar-refractivity contribution is -0.213. The SMILES string of the molecule is CCC(=O)OOc1cc(C)c(S(=O)(=O)c2c(OC)ccc3[nH]c(SCc4ncc(C)c(OC)c4C)nc23)c(C)c1. The van der Waals surface area contributed by atoms with Gasteiger partial charge in [-0.15, -0.1) is 0 Å². The summed E-state index contributed by atoms with van der Waals surface area (Å²) in [5, 5.41) is 0.537. The lowest BCUT2D eigenvalue weighted by Gasteiger charge is -2.15. The van der Waals surface area contributed by atoms with E-state index in [9.17, 15) is 13.2 Å². The number of aromatic amines is 1. The van der Waals surface area contributed by atoms with Crippen molar-refractivity contribution >= 4 is 38.6 Å². The van der Waals surface area contributed by atoms with Gasteiger partial charge in [-0.1, -0.05) is 18.7 Å². The molecule has 0 spiro atoms. The van der Waals surface area contributed by atoms with Gasteiger partial charge in [0.2, 0.25) is 9.84 Å². The molecular weight excluding hydrogens is 554 g/mol. The third kappa shape index (κ3) is 5.59. The summed E-state index contributed by atoms with van der Waals surface area (Å²) < 4.78 is 39.3. The maximum Gasteiger partial charge on any atom is 0.355 e. The van der Waals surface area contributed by atoms with Gasteiger partial charge in [-0.3, -0.25) is 14.8 Å². The van der Waals surface area contributed by atoms with E-state index in [2.05, 4.69) is 15.0 Å². The van der Waals surface area contributed by atoms with E-state index in [-0.39, 0.29) is 33.2 Å². The number of fused-ring (bicyclic) bond motifs is 1. The number of carbonyl (C=O) groups is 1. The molecule has 212 valence electrons. The van der Waals surface area contributed by atoms with E-state index in [1.165, 1.54) is 31.0 Å². The zero-order valence-electron chi connectivity index (χ0n) is 23.4. The van der Waals surface area contributed by atoms with E-state index < -0.39 is 15.8 Å². The van der Waals surface area contributed by atoms with Crippen molar-refractivity contribution in [3.63, 3.8) is 0 Å². The van der Waals surface area contributed by atoms with Crippen LogP contribution in [0, 0.1) is 27.7 Å². The Hall–Kier alpha value is -3.77. The van der Waals surface area contributed by atoms with E-state index in [1.54, 1.807) is 46.2 Å². The highest BCUT2D eigenvalue weighted by molar-refractivity contribution is 7.98. The van der Waals surface area contributed by atoms with Crippen LogP contribution in [0.1, 0.15) is 41.3 Å². The Morgan fingerprint density at radius 1 is 1.00 bits per heavy atom. The number of methoxy groups -OCH3 is 2. The normalized spacial score (nSPS) is 11.5. The summed E-state index contributed by atoms with van der Waals surface area (Å²) in [5.41, 5.74) is 4.39. The number of rotatable bonds is 10. The molecule has 12 heteroatoms. The summed E-state index contributed by atoms with van der Waals surface area (Å²) in [4.78, 5) is 33.8. The van der Waals surface area contributed by atoms with Gasteiger partial charge < -0.3 is 14.5 Å². The van der Waals surface area contributed by atoms with Crippen LogP contribution in [-0.2, 0) is 25.3 Å². The molecule has 0 aliphatic rings. The molecule has 4 aromatic rings. The zero-order valence-corrected chi connectivity index (χ0v) is 25.0. The van der Waals surface area contributed by atoms with E-state index in [4.69, 9.17) is 19.2 Å². The van der Waals surface area contributed by atoms with Crippen LogP contribution in [0.5, 0.6) is 17.2 Å². The molecule has 0 fully saturated rings. The highest BCUT2D eigenvalue weighted by Crippen LogP contribution is 2.39. The number of nitrogens with zero attached hydrogens (tertiary/aromatic N) is 2. The van der Waals surface area contributed by atoms with Crippen molar-refractivity contribution < 1.29 is 32.5 Å². The summed E-state index contributed by atoms with van der Waals surface area (Å²) in [5.74, 6) is 1.15. The number of hydrogen-bond donors (Lipinski definition) is 1. The molecule has 0 aliphatic carbocycles. The Kier molecular flexibility index (Phi) is 8.59. The maximum atomic E-state index is 14.1. The summed E-state index contributed by atoms with van der Waals surface area (Å²) in [7, 11) is -1.06. The van der Waals surface area contributed by atoms with E-state index in [0.29, 0.717) is 27.6 Å². The molecule has 2 heterocycles. The van der Waals surface area contributed by atoms with Gasteiger partial charge in [-0.05, 0) is 63.1 Å². The van der Waals surface area contributed by atoms with Crippen molar-refractivity contribution in [1.29, 1.82) is 0 Å². The average molecular weight is 586 g/mol. The molecule has 2 aromatic carbocycles. The number of H-pyrrole nitrogens is 1. The number of carbonyl (C=O) groups excluding carboxylic acids is 1. The maximum absolute atomic E-state index is 14.1. The quantitative estimate of drug-likeness (QED) is 0.143. The molecule has 0 radical (unpaired) electrons. The second-order valence-electron chi connectivity index (χ2n) is 9.15. The van der Waals surface area contributed by atoms with Crippen molar-refractivity contribution in [3.05, 3.63) is 58.4 Å². The predicted molar refractivity (Wildman–Crippen MR) is 151 cm³/mol. The number of aromatic nitrogens is 3. The fraction of sp³-hybridized carbons (Fsp3) is 0.321. The molecule has 40 heavy (non-hydrogen) atoms. The smallest absolute Gasteiger partial charge is 0.355 e. The predicted octanol–water partition coefficient (Wildman–Crippen LogP) is 5.58. The molecule has 2 aromatic heterocycles. The molecule has 0 unspecified atom stereocenters. The minimum absolute atomic E-state index is 0.0424. The molecular formula is C28H31N3O7S2. The Labute approximate surface area is 237 Å². The van der Waals surface area contributed by atoms with Gasteiger partial charge in [0, 0.05) is 29.5 Å². The van der Waals surface area contributed by atoms with Crippen LogP contribution in [0.3, 0.4) is 0 Å². The van der Waals surface area contributed by atoms with Crippen molar-refractivity contribution in [1.82, 2.24) is 15.0 Å². The first-order valence-corrected chi connectivity index (χ1v) is 14.9. The number of thioether (sulfide) groups is 1. The van der Waals surface area contributed by atoms with Crippen LogP contribution in [0.2, 0.25) is 0 Å². The highest BCUT2D eigenvalue weighted by Gasteiger charge is 2.30. The second-order valence-corrected chi connectivity index (χ2v) is 11.9. The van der Waals surface area contributed by atoms with Crippen molar-refractivity contribution in [3.8, 4) is 17.2 Å². The van der Waals surface area contributed by atoms with Gasteiger partial charge >= 0.3 is 5.97 Å². The lowest BCUT2D eigenvalue weighted by atomic mass is 10.1. The molecule has 1 N–H and O–H groups in total. The summed E-state index contributed by atoms with van der Waals surface area (Å²) in [6.45, 7) is 8.84. The first-order valence-electron chi connectivity index (χ1n) is 12.4. The Morgan fingerprint density at radius 3 is 2.33 bits per heavy atom. The fourth-order valence-corrected chi connectivity index (χ4v) is 7.39. The van der Waals surface area contributed by atoms with E-state index >= 15 is 0 Å². The van der Waals surface area contributed by atoms with Gasteiger partial charge in [-0.25, -0.2) is 18.2 Å². The monoisotopic (exact) mass is 585 g/mol. The third-order valence-electron chi connectivity index (χ3n) is 6.36. The van der Waals surface area contributed by atoms with Gasteiger partial charge in [0.05, 0.1) is 30.3 Å². The number of hydrogen-bond acceptors (Lipinski definition) is 10. The van der Waals surface area contributed by atoms with Crippen LogP contribution in [0.4, 0.5) is 0 Å². The highest BCUT2D eigenvalue weighted by atomic mass is 32.2. The molecule has 0 bridgehead atoms. The van der Waals surface area contributed by atoms with Crippen LogP contribution >= 0.6 is 11.8 Å². The standard InChI is InChI=1S/C28H31N3O7S2/c1-8-23(32)38-37-19-11-15(2)26(16(3)12-19)40(33,34)27-22(35-6)10-9-20-24(27)31-28(30-20)39-14-21-18(5)25(36-7)17(4)13-29-21/h9-13H,8,14H2,1-7H3,(H,30,31). The number of aryl methyl sites for hydroxylation is 3. The number of sulfone groups is 1. The summed E-state index contributed by atoms with van der Waals surface area (Å²) >= 11 is 1.41. The molecule has 0 saturated heterocycles. The second kappa shape index (κ2) is 11.8. The van der Waals surface area contributed by atoms with Gasteiger partial charge in [-0.2, -0.15) is 0 Å². The number of pyridine rings is 1. The van der Waals surface area contributed by atoms with Crippen molar-refractivity contribution in [2.24, 2.45) is 0 Å². The number of nitrogens with one attached hydrogen (secondary N) is 1. The number of benzene rings is 2. The molecule has 0 aliphatic heterocycles. The zero-order chi connectivity index (χ0) is 29.2. The Balaban J connectivity index is 1.73. The minimum atomic E-state index is -4.11. The van der Waals surface area contributed by atoms with E-state index in [0.717, 1.165) is 22.6 Å². The molecule has 0 atom stereocenters. The fourth-order valence-electron chi connectivity index (χ4n) is 4.49. The topological polar surface area (TPSA) is 130 Å². The molecule has 0 amide bonds. The Morgan fingerprint density at radius 2 is 1.70 bits per heavy atom. The largest absolute Gasteiger partial charge is 0.496 e. The number of ether oxygens (including phenoxy) is 2. The van der Waals surface area contributed by atoms with E-state index in [1.807, 2.05) is 13.8 Å². The average Bonchev–Trinajstić information content (AvgIpc) is 3.33. The number of imidazole rings is 1. The lowest BCUT2D eigenvalue weighted by Crippen LogP contribution is -2.10. The molecule has 4 rings (SSSR count). The van der Waals surface area contributed by atoms with Crippen LogP contribution in [0.25, 0.3) is 11.0 Å². The minimum Gasteiger partial charge on any atom is -0.496 e. The summed E-state index contributed by atoms with van der Waals surface area (Å²) in [6.07, 6.45) is 1.91. The third-order valence-corrected chi connectivity index (χ3v) is 9.35. The molecule has 10 nitrogen and oxygen atoms in total. The van der Waals surface area contributed by atoms with Crippen LogP contribution < -0.4 is 14.4 Å². The van der Waals surface area contributed by atoms with Crippen molar-refractivity contribution in [2.75, 3.05) is 14.2 Å². The van der Waals surface area contributed by atoms with Gasteiger partial charge in [0.15, 0.2) is 10.9 Å². The van der Waals surface area contributed by atoms with Crippen LogP contribution in [-0.4, -0.2) is 43.6 Å². The van der Waals surface area contributed by atoms with Gasteiger partial charge in [0.1, 0.15) is 21.9 Å².